The molecule has 5 heteroatoms. The Balaban J connectivity index is 2.10. The molecule has 1 aromatic rings. The van der Waals surface area contributed by atoms with Gasteiger partial charge in [0.15, 0.2) is 11.6 Å². The van der Waals surface area contributed by atoms with Gasteiger partial charge in [0.25, 0.3) is 0 Å². The van der Waals surface area contributed by atoms with E-state index in [1.54, 1.807) is 0 Å². The maximum Gasteiger partial charge on any atom is 0.167 e. The summed E-state index contributed by atoms with van der Waals surface area (Å²) in [6.45, 7) is 8.09. The minimum absolute atomic E-state index is 0.0697. The molecule has 0 spiro atoms. The molecule has 1 aromatic heterocycles. The average molecular weight is 286 g/mol. The van der Waals surface area contributed by atoms with Crippen molar-refractivity contribution in [3.05, 3.63) is 23.1 Å². The summed E-state index contributed by atoms with van der Waals surface area (Å²) in [4.78, 5) is 6.19. The molecule has 0 aliphatic carbocycles. The molecule has 1 unspecified atom stereocenters. The lowest BCUT2D eigenvalue weighted by molar-refractivity contribution is 0.403. The highest BCUT2D eigenvalue weighted by Crippen LogP contribution is 2.27. The molecule has 2 heterocycles. The highest BCUT2D eigenvalue weighted by Gasteiger charge is 2.28. The number of anilines is 1. The van der Waals surface area contributed by atoms with Crippen molar-refractivity contribution in [1.82, 2.24) is 10.3 Å². The minimum Gasteiger partial charge on any atom is -0.350 e. The molecule has 106 valence electrons. The summed E-state index contributed by atoms with van der Waals surface area (Å²) >= 11 is 5.75. The van der Waals surface area contributed by atoms with Gasteiger partial charge in [0.2, 0.25) is 0 Å². The Hall–Kier alpha value is -0.870. The third kappa shape index (κ3) is 3.80. The van der Waals surface area contributed by atoms with Crippen molar-refractivity contribution < 1.29 is 4.39 Å². The molecular formula is C14H21ClFN3. The van der Waals surface area contributed by atoms with Crippen LogP contribution in [-0.2, 0) is 0 Å². The fourth-order valence-electron chi connectivity index (χ4n) is 2.37. The molecule has 0 amide bonds. The van der Waals surface area contributed by atoms with Crippen LogP contribution in [0.25, 0.3) is 0 Å². The third-order valence-corrected chi connectivity index (χ3v) is 3.51. The third-order valence-electron chi connectivity index (χ3n) is 3.31. The molecule has 0 aromatic carbocycles. The molecule has 0 saturated carbocycles. The number of rotatable bonds is 3. The smallest absolute Gasteiger partial charge is 0.167 e. The quantitative estimate of drug-likeness (QED) is 0.924. The van der Waals surface area contributed by atoms with Crippen molar-refractivity contribution in [3.63, 3.8) is 0 Å². The second-order valence-corrected chi connectivity index (χ2v) is 6.52. The van der Waals surface area contributed by atoms with Crippen molar-refractivity contribution in [3.8, 4) is 0 Å². The lowest BCUT2D eigenvalue weighted by Crippen LogP contribution is -2.45. The number of pyridine rings is 1. The van der Waals surface area contributed by atoms with E-state index >= 15 is 0 Å². The first-order valence-corrected chi connectivity index (χ1v) is 7.07. The Labute approximate surface area is 119 Å². The monoisotopic (exact) mass is 285 g/mol. The number of hydrogen-bond donors (Lipinski definition) is 1. The first-order chi connectivity index (χ1) is 8.87. The van der Waals surface area contributed by atoms with Gasteiger partial charge in [-0.3, -0.25) is 0 Å². The molecule has 3 nitrogen and oxygen atoms in total. The van der Waals surface area contributed by atoms with E-state index in [0.29, 0.717) is 16.9 Å². The Morgan fingerprint density at radius 1 is 1.53 bits per heavy atom. The van der Waals surface area contributed by atoms with Gasteiger partial charge in [-0.05, 0) is 39.7 Å². The van der Waals surface area contributed by atoms with Gasteiger partial charge >= 0.3 is 0 Å². The normalized spacial score (nSPS) is 20.1. The molecule has 0 radical (unpaired) electrons. The summed E-state index contributed by atoms with van der Waals surface area (Å²) in [5, 5.41) is 3.81. The Morgan fingerprint density at radius 3 is 2.89 bits per heavy atom. The largest absolute Gasteiger partial charge is 0.350 e. The molecule has 19 heavy (non-hydrogen) atoms. The van der Waals surface area contributed by atoms with E-state index in [0.717, 1.165) is 25.9 Å². The molecule has 1 saturated heterocycles. The number of hydrogen-bond acceptors (Lipinski definition) is 3. The predicted molar refractivity (Wildman–Crippen MR) is 77.3 cm³/mol. The second-order valence-electron chi connectivity index (χ2n) is 6.08. The summed E-state index contributed by atoms with van der Waals surface area (Å²) in [7, 11) is 0. The molecule has 2 rings (SSSR count). The zero-order chi connectivity index (χ0) is 14.0. The summed E-state index contributed by atoms with van der Waals surface area (Å²) < 4.78 is 13.9. The van der Waals surface area contributed by atoms with E-state index in [4.69, 9.17) is 11.6 Å². The van der Waals surface area contributed by atoms with Gasteiger partial charge in [0.05, 0.1) is 5.02 Å². The van der Waals surface area contributed by atoms with Gasteiger partial charge in [0.1, 0.15) is 0 Å². The van der Waals surface area contributed by atoms with Crippen molar-refractivity contribution in [2.24, 2.45) is 0 Å². The Morgan fingerprint density at radius 2 is 2.26 bits per heavy atom. The molecule has 0 bridgehead atoms. The molecule has 1 aliphatic heterocycles. The Bertz CT molecular complexity index is 445. The predicted octanol–water partition coefficient (Wildman–Crippen LogP) is 3.23. The van der Waals surface area contributed by atoms with Gasteiger partial charge in [-0.1, -0.05) is 11.6 Å². The lowest BCUT2D eigenvalue weighted by atomic mass is 10.1. The second kappa shape index (κ2) is 5.63. The lowest BCUT2D eigenvalue weighted by Gasteiger charge is -2.29. The van der Waals surface area contributed by atoms with Crippen LogP contribution in [0.2, 0.25) is 5.02 Å². The molecular weight excluding hydrogens is 265 g/mol. The van der Waals surface area contributed by atoms with Crippen LogP contribution in [0.1, 0.15) is 33.6 Å². The highest BCUT2D eigenvalue weighted by molar-refractivity contribution is 6.30. The molecule has 1 N–H and O–H groups in total. The van der Waals surface area contributed by atoms with Gasteiger partial charge in [-0.2, -0.15) is 0 Å². The minimum atomic E-state index is -0.338. The fourth-order valence-corrected chi connectivity index (χ4v) is 2.51. The summed E-state index contributed by atoms with van der Waals surface area (Å²) in [5.41, 5.74) is 0.0697. The van der Waals surface area contributed by atoms with Gasteiger partial charge in [-0.25, -0.2) is 9.37 Å². The van der Waals surface area contributed by atoms with Crippen molar-refractivity contribution in [2.75, 3.05) is 18.0 Å². The summed E-state index contributed by atoms with van der Waals surface area (Å²) in [6, 6.07) is 1.62. The molecule has 1 atom stereocenters. The molecule has 1 aliphatic rings. The highest BCUT2D eigenvalue weighted by atomic mass is 35.5. The van der Waals surface area contributed by atoms with Crippen molar-refractivity contribution in [2.45, 2.75) is 45.2 Å². The van der Waals surface area contributed by atoms with Crippen molar-refractivity contribution >= 4 is 17.4 Å². The SMILES string of the molecule is CC(C)(C)NCC1CCCN1c1ncc(Cl)cc1F. The molecule has 1 fully saturated rings. The fraction of sp³-hybridized carbons (Fsp3) is 0.643. The van der Waals surface area contributed by atoms with E-state index < -0.39 is 0 Å². The van der Waals surface area contributed by atoms with Crippen LogP contribution in [0.15, 0.2) is 12.3 Å². The van der Waals surface area contributed by atoms with E-state index in [-0.39, 0.29) is 11.4 Å². The van der Waals surface area contributed by atoms with Gasteiger partial charge in [0, 0.05) is 30.9 Å². The number of halogens is 2. The van der Waals surface area contributed by atoms with Crippen LogP contribution in [0.3, 0.4) is 0 Å². The van der Waals surface area contributed by atoms with E-state index in [2.05, 4.69) is 31.1 Å². The van der Waals surface area contributed by atoms with Crippen molar-refractivity contribution in [1.29, 1.82) is 0 Å². The van der Waals surface area contributed by atoms with E-state index in [1.165, 1.54) is 12.3 Å². The van der Waals surface area contributed by atoms with Crippen LogP contribution in [-0.4, -0.2) is 29.7 Å². The summed E-state index contributed by atoms with van der Waals surface area (Å²) in [5.74, 6) is 0.0813. The Kier molecular flexibility index (Phi) is 4.31. The summed E-state index contributed by atoms with van der Waals surface area (Å²) in [6.07, 6.45) is 3.64. The van der Waals surface area contributed by atoms with Crippen LogP contribution >= 0.6 is 11.6 Å². The first-order valence-electron chi connectivity index (χ1n) is 6.69. The van der Waals surface area contributed by atoms with Crippen LogP contribution < -0.4 is 10.2 Å². The van der Waals surface area contributed by atoms with Gasteiger partial charge in [-0.15, -0.1) is 0 Å². The van der Waals surface area contributed by atoms with Crippen LogP contribution in [0, 0.1) is 5.82 Å². The number of aromatic nitrogens is 1. The number of nitrogens with zero attached hydrogens (tertiary/aromatic N) is 2. The zero-order valence-corrected chi connectivity index (χ0v) is 12.5. The number of nitrogens with one attached hydrogen (secondary N) is 1. The topological polar surface area (TPSA) is 28.2 Å². The maximum absolute atomic E-state index is 13.9. The average Bonchev–Trinajstić information content (AvgIpc) is 2.73. The first kappa shape index (κ1) is 14.5. The zero-order valence-electron chi connectivity index (χ0n) is 11.7. The van der Waals surface area contributed by atoms with E-state index in [1.807, 2.05) is 4.90 Å². The van der Waals surface area contributed by atoms with Crippen LogP contribution in [0.4, 0.5) is 10.2 Å². The standard InChI is InChI=1S/C14H21ClFN3/c1-14(2,3)18-9-11-5-4-6-19(11)13-12(16)7-10(15)8-17-13/h7-8,11,18H,4-6,9H2,1-3H3. The van der Waals surface area contributed by atoms with E-state index in [9.17, 15) is 4.39 Å². The van der Waals surface area contributed by atoms with Crippen LogP contribution in [0.5, 0.6) is 0 Å². The maximum atomic E-state index is 13.9. The van der Waals surface area contributed by atoms with Gasteiger partial charge < -0.3 is 10.2 Å².